The van der Waals surface area contributed by atoms with Crippen LogP contribution < -0.4 is 0 Å². The maximum absolute atomic E-state index is 4.36. The molecule has 4 heteroatoms. The minimum atomic E-state index is 0.787. The minimum Gasteiger partial charge on any atom is -0.255 e. The van der Waals surface area contributed by atoms with E-state index in [-0.39, 0.29) is 0 Å². The number of pyridine rings is 2. The highest BCUT2D eigenvalue weighted by atomic mass is 127. The zero-order valence-electron chi connectivity index (χ0n) is 7.07. The number of rotatable bonds is 0. The van der Waals surface area contributed by atoms with Crippen LogP contribution in [0.1, 0.15) is 5.69 Å². The quantitative estimate of drug-likeness (QED) is 0.552. The fourth-order valence-electron chi connectivity index (χ4n) is 1.10. The zero-order chi connectivity index (χ0) is 9.80. The number of nitrogens with zero attached hydrogens (tertiary/aromatic N) is 2. The highest BCUT2D eigenvalue weighted by Gasteiger charge is 1.94. The van der Waals surface area contributed by atoms with Crippen molar-refractivity contribution in [1.82, 2.24) is 9.97 Å². The summed E-state index contributed by atoms with van der Waals surface area (Å²) in [5.41, 5.74) is 2.58. The van der Waals surface area contributed by atoms with Crippen LogP contribution in [0.5, 0.6) is 0 Å². The molecule has 0 aliphatic heterocycles. The summed E-state index contributed by atoms with van der Waals surface area (Å²) in [6.45, 7) is 0. The molecule has 2 nitrogen and oxygen atoms in total. The van der Waals surface area contributed by atoms with Gasteiger partial charge < -0.3 is 0 Å². The molecule has 2 heterocycles. The Hall–Kier alpha value is -0.800. The molecule has 0 saturated heterocycles. The number of hydrogen-bond donors (Lipinski definition) is 0. The largest absolute Gasteiger partial charge is 0.255 e. The van der Waals surface area contributed by atoms with Crippen LogP contribution >= 0.6 is 30.1 Å². The van der Waals surface area contributed by atoms with Crippen molar-refractivity contribution in [3.05, 3.63) is 36.2 Å². The van der Waals surface area contributed by atoms with Crippen LogP contribution in [0.15, 0.2) is 30.5 Å². The van der Waals surface area contributed by atoms with Crippen molar-refractivity contribution in [2.75, 3.05) is 0 Å². The van der Waals surface area contributed by atoms with Crippen LogP contribution in [0.25, 0.3) is 11.0 Å². The topological polar surface area (TPSA) is 25.8 Å². The Morgan fingerprint density at radius 1 is 1.21 bits per heavy atom. The van der Waals surface area contributed by atoms with Crippen molar-refractivity contribution in [2.45, 2.75) is 0 Å². The van der Waals surface area contributed by atoms with Crippen molar-refractivity contribution < 1.29 is 0 Å². The van der Waals surface area contributed by atoms with Crippen LogP contribution in [0.4, 0.5) is 0 Å². The first-order valence-electron chi connectivity index (χ1n) is 3.90. The standard InChI is InChI=1S/C10H5IN2S/c11-14-7-5-8-3-4-9-10(13-8)2-1-6-12-9/h1-4,6H. The highest BCUT2D eigenvalue weighted by Crippen LogP contribution is 2.10. The Morgan fingerprint density at radius 3 is 3.00 bits per heavy atom. The fourth-order valence-corrected chi connectivity index (χ4v) is 1.57. The first kappa shape index (κ1) is 9.74. The molecule has 0 amide bonds. The van der Waals surface area contributed by atoms with E-state index in [2.05, 4.69) is 42.3 Å². The van der Waals surface area contributed by atoms with Gasteiger partial charge in [-0.3, -0.25) is 4.98 Å². The first-order chi connectivity index (χ1) is 6.90. The van der Waals surface area contributed by atoms with Gasteiger partial charge in [0.05, 0.1) is 11.0 Å². The molecule has 2 aromatic heterocycles. The Morgan fingerprint density at radius 2 is 2.14 bits per heavy atom. The molecule has 14 heavy (non-hydrogen) atoms. The molecule has 0 N–H and O–H groups in total. The van der Waals surface area contributed by atoms with Crippen LogP contribution in [0.2, 0.25) is 0 Å². The van der Waals surface area contributed by atoms with Gasteiger partial charge in [-0.05, 0) is 44.4 Å². The second kappa shape index (κ2) is 4.62. The van der Waals surface area contributed by atoms with Gasteiger partial charge in [-0.25, -0.2) is 4.98 Å². The first-order valence-corrected chi connectivity index (χ1v) is 7.26. The van der Waals surface area contributed by atoms with Crippen LogP contribution in [0.3, 0.4) is 0 Å². The lowest BCUT2D eigenvalue weighted by molar-refractivity contribution is 1.31. The predicted octanol–water partition coefficient (Wildman–Crippen LogP) is 3.02. The van der Waals surface area contributed by atoms with Gasteiger partial charge in [0.15, 0.2) is 0 Å². The monoisotopic (exact) mass is 312 g/mol. The molecule has 0 bridgehead atoms. The van der Waals surface area contributed by atoms with Gasteiger partial charge in [-0.2, -0.15) is 0 Å². The molecule has 0 fully saturated rings. The van der Waals surface area contributed by atoms with Crippen molar-refractivity contribution >= 4 is 41.2 Å². The highest BCUT2D eigenvalue weighted by molar-refractivity contribution is 14.2. The lowest BCUT2D eigenvalue weighted by Crippen LogP contribution is -1.85. The van der Waals surface area contributed by atoms with Crippen molar-refractivity contribution in [2.24, 2.45) is 0 Å². The Labute approximate surface area is 98.1 Å². The summed E-state index contributed by atoms with van der Waals surface area (Å²) in [5, 5.41) is 2.90. The smallest absolute Gasteiger partial charge is 0.114 e. The molecule has 0 aromatic carbocycles. The van der Waals surface area contributed by atoms with Gasteiger partial charge in [0, 0.05) is 27.4 Å². The summed E-state index contributed by atoms with van der Waals surface area (Å²) in [4.78, 5) is 8.55. The van der Waals surface area contributed by atoms with Gasteiger partial charge in [0.1, 0.15) is 5.69 Å². The normalized spacial score (nSPS) is 9.50. The summed E-state index contributed by atoms with van der Waals surface area (Å²) >= 11 is 2.14. The lowest BCUT2D eigenvalue weighted by Gasteiger charge is -1.94. The summed E-state index contributed by atoms with van der Waals surface area (Å²) in [7, 11) is 1.46. The molecule has 0 radical (unpaired) electrons. The van der Waals surface area contributed by atoms with Crippen LogP contribution in [-0.4, -0.2) is 9.97 Å². The number of halogens is 1. The molecule has 2 rings (SSSR count). The Balaban J connectivity index is 2.51. The summed E-state index contributed by atoms with van der Waals surface area (Å²) in [5.74, 6) is 2.95. The maximum Gasteiger partial charge on any atom is 0.114 e. The third-order valence-corrected chi connectivity index (χ3v) is 2.51. The molecule has 0 aliphatic carbocycles. The average molecular weight is 312 g/mol. The van der Waals surface area contributed by atoms with E-state index in [0.29, 0.717) is 0 Å². The van der Waals surface area contributed by atoms with Gasteiger partial charge in [0.2, 0.25) is 0 Å². The third kappa shape index (κ3) is 2.16. The van der Waals surface area contributed by atoms with Crippen LogP contribution in [0, 0.1) is 11.2 Å². The van der Waals surface area contributed by atoms with E-state index in [1.807, 2.05) is 24.3 Å². The second-order valence-electron chi connectivity index (χ2n) is 2.54. The summed E-state index contributed by atoms with van der Waals surface area (Å²) in [6, 6.07) is 7.63. The molecular weight excluding hydrogens is 307 g/mol. The molecule has 0 aliphatic rings. The van der Waals surface area contributed by atoms with Gasteiger partial charge in [0.25, 0.3) is 0 Å². The van der Waals surface area contributed by atoms with Crippen molar-refractivity contribution in [3.63, 3.8) is 0 Å². The van der Waals surface area contributed by atoms with Crippen LogP contribution in [-0.2, 0) is 0 Å². The van der Waals surface area contributed by atoms with E-state index >= 15 is 0 Å². The van der Waals surface area contributed by atoms with E-state index in [0.717, 1.165) is 16.7 Å². The van der Waals surface area contributed by atoms with E-state index in [4.69, 9.17) is 0 Å². The molecule has 68 valence electrons. The summed E-state index contributed by atoms with van der Waals surface area (Å²) < 4.78 is 0. The average Bonchev–Trinajstić information content (AvgIpc) is 2.26. The molecular formula is C10H5IN2S. The van der Waals surface area contributed by atoms with E-state index < -0.39 is 0 Å². The van der Waals surface area contributed by atoms with E-state index in [9.17, 15) is 0 Å². The van der Waals surface area contributed by atoms with Crippen molar-refractivity contribution in [1.29, 1.82) is 0 Å². The zero-order valence-corrected chi connectivity index (χ0v) is 10.0. The molecule has 0 saturated carbocycles. The Kier molecular flexibility index (Phi) is 3.22. The lowest BCUT2D eigenvalue weighted by atomic mass is 10.3. The number of aromatic nitrogens is 2. The molecule has 2 aromatic rings. The van der Waals surface area contributed by atoms with Crippen molar-refractivity contribution in [3.8, 4) is 11.2 Å². The molecule has 0 atom stereocenters. The maximum atomic E-state index is 4.36. The second-order valence-corrected chi connectivity index (χ2v) is 4.22. The number of fused-ring (bicyclic) bond motifs is 1. The minimum absolute atomic E-state index is 0.787. The van der Waals surface area contributed by atoms with E-state index in [1.54, 1.807) is 6.20 Å². The Bertz CT molecular complexity index is 516. The van der Waals surface area contributed by atoms with E-state index in [1.165, 1.54) is 8.93 Å². The van der Waals surface area contributed by atoms with Gasteiger partial charge >= 0.3 is 0 Å². The molecule has 0 unspecified atom stereocenters. The number of hydrogen-bond acceptors (Lipinski definition) is 3. The molecule has 0 spiro atoms. The van der Waals surface area contributed by atoms with Gasteiger partial charge in [-0.15, -0.1) is 0 Å². The van der Waals surface area contributed by atoms with Gasteiger partial charge in [-0.1, -0.05) is 0 Å². The SMILES string of the molecule is ISC#Cc1ccc2ncccc2n1. The third-order valence-electron chi connectivity index (χ3n) is 1.67. The predicted molar refractivity (Wildman–Crippen MR) is 68.0 cm³/mol. The fraction of sp³-hybridized carbons (Fsp3) is 0. The summed E-state index contributed by atoms with van der Waals surface area (Å²) in [6.07, 6.45) is 1.76.